The van der Waals surface area contributed by atoms with Crippen molar-refractivity contribution in [2.45, 2.75) is 13.5 Å². The number of rotatable bonds is 5. The van der Waals surface area contributed by atoms with E-state index in [1.807, 2.05) is 10.8 Å². The van der Waals surface area contributed by atoms with Gasteiger partial charge in [-0.25, -0.2) is 0 Å². The van der Waals surface area contributed by atoms with Crippen LogP contribution in [0.2, 0.25) is 0 Å². The van der Waals surface area contributed by atoms with Crippen molar-refractivity contribution in [1.29, 1.82) is 0 Å². The first-order valence-corrected chi connectivity index (χ1v) is 9.49. The molecule has 8 nitrogen and oxygen atoms in total. The minimum atomic E-state index is -0.528. The molecule has 10 heteroatoms. The van der Waals surface area contributed by atoms with Crippen LogP contribution in [-0.2, 0) is 6.54 Å². The summed E-state index contributed by atoms with van der Waals surface area (Å²) in [7, 11) is 0. The molecule has 2 heterocycles. The van der Waals surface area contributed by atoms with Crippen LogP contribution >= 0.6 is 23.1 Å². The maximum absolute atomic E-state index is 12.3. The van der Waals surface area contributed by atoms with Crippen LogP contribution < -0.4 is 4.80 Å². The van der Waals surface area contributed by atoms with Gasteiger partial charge in [0.05, 0.1) is 20.8 Å². The lowest BCUT2D eigenvalue weighted by Crippen LogP contribution is -2.18. The topological polar surface area (TPSA) is 104 Å². The number of non-ortho nitro benzene ring substituents is 1. The van der Waals surface area contributed by atoms with E-state index in [9.17, 15) is 14.9 Å². The molecule has 0 radical (unpaired) electrons. The Balaban J connectivity index is 2.12. The van der Waals surface area contributed by atoms with Gasteiger partial charge in [-0.05, 0) is 19.2 Å². The summed E-state index contributed by atoms with van der Waals surface area (Å²) in [6.45, 7) is 2.36. The number of thioether (sulfide) groups is 1. The third-order valence-electron chi connectivity index (χ3n) is 3.43. The van der Waals surface area contributed by atoms with E-state index < -0.39 is 10.8 Å². The summed E-state index contributed by atoms with van der Waals surface area (Å²) in [4.78, 5) is 27.4. The van der Waals surface area contributed by atoms with Gasteiger partial charge >= 0.3 is 5.91 Å². The Morgan fingerprint density at radius 2 is 2.28 bits per heavy atom. The maximum Gasteiger partial charge on any atom is 0.318 e. The second-order valence-corrected chi connectivity index (χ2v) is 7.18. The van der Waals surface area contributed by atoms with Gasteiger partial charge in [-0.1, -0.05) is 16.5 Å². The van der Waals surface area contributed by atoms with E-state index in [1.165, 1.54) is 29.5 Å². The molecule has 0 aliphatic carbocycles. The van der Waals surface area contributed by atoms with E-state index in [4.69, 9.17) is 4.52 Å². The van der Waals surface area contributed by atoms with Gasteiger partial charge in [-0.15, -0.1) is 0 Å². The van der Waals surface area contributed by atoms with E-state index in [2.05, 4.69) is 10.1 Å². The average Bonchev–Trinajstić information content (AvgIpc) is 3.15. The third-order valence-corrected chi connectivity index (χ3v) is 5.06. The minimum Gasteiger partial charge on any atom is -0.351 e. The van der Waals surface area contributed by atoms with Crippen molar-refractivity contribution >= 4 is 44.9 Å². The Labute approximate surface area is 150 Å². The summed E-state index contributed by atoms with van der Waals surface area (Å²) in [5.41, 5.74) is 1.42. The molecule has 2 aromatic heterocycles. The first-order chi connectivity index (χ1) is 12.0. The molecule has 0 saturated heterocycles. The Kier molecular flexibility index (Phi) is 5.00. The summed E-state index contributed by atoms with van der Waals surface area (Å²) in [6.07, 6.45) is 1.99. The monoisotopic (exact) mass is 378 g/mol. The lowest BCUT2D eigenvalue weighted by Gasteiger charge is -2.03. The highest BCUT2D eigenvalue weighted by atomic mass is 32.2. The number of aryl methyl sites for hydroxylation is 2. The van der Waals surface area contributed by atoms with Crippen LogP contribution in [0.15, 0.2) is 33.8 Å². The van der Waals surface area contributed by atoms with Crippen LogP contribution in [0, 0.1) is 17.0 Å². The molecule has 130 valence electrons. The highest BCUT2D eigenvalue weighted by molar-refractivity contribution is 7.98. The number of hydrogen-bond donors (Lipinski definition) is 0. The Morgan fingerprint density at radius 3 is 2.92 bits per heavy atom. The zero-order valence-electron chi connectivity index (χ0n) is 13.5. The number of hydrogen-bond acceptors (Lipinski definition) is 7. The first-order valence-electron chi connectivity index (χ1n) is 7.28. The van der Waals surface area contributed by atoms with Crippen molar-refractivity contribution in [2.24, 2.45) is 4.99 Å². The predicted molar refractivity (Wildman–Crippen MR) is 96.0 cm³/mol. The molecule has 25 heavy (non-hydrogen) atoms. The van der Waals surface area contributed by atoms with Crippen LogP contribution in [0.5, 0.6) is 0 Å². The zero-order valence-corrected chi connectivity index (χ0v) is 15.1. The number of aromatic nitrogens is 2. The molecule has 0 aliphatic heterocycles. The van der Waals surface area contributed by atoms with Crippen molar-refractivity contribution in [3.8, 4) is 0 Å². The summed E-state index contributed by atoms with van der Waals surface area (Å²) >= 11 is 2.90. The molecule has 0 saturated carbocycles. The first kappa shape index (κ1) is 17.4. The van der Waals surface area contributed by atoms with Crippen molar-refractivity contribution in [1.82, 2.24) is 9.72 Å². The number of nitrogens with zero attached hydrogens (tertiary/aromatic N) is 4. The number of carbonyl (C=O) groups is 1. The molecule has 0 unspecified atom stereocenters. The fourth-order valence-electron chi connectivity index (χ4n) is 2.27. The average molecular weight is 378 g/mol. The second-order valence-electron chi connectivity index (χ2n) is 5.19. The Bertz CT molecular complexity index is 1020. The SMILES string of the molecule is CSCCn1c(=NC(=O)c2cc(C)no2)sc2cc([N+](=O)[O-])ccc21. The number of nitro groups is 1. The molecule has 0 fully saturated rings. The highest BCUT2D eigenvalue weighted by Crippen LogP contribution is 2.23. The van der Waals surface area contributed by atoms with Gasteiger partial charge in [-0.3, -0.25) is 14.9 Å². The molecular formula is C15H14N4O4S2. The Hall–Kier alpha value is -2.46. The number of benzene rings is 1. The molecule has 1 aromatic carbocycles. The molecule has 1 amide bonds. The predicted octanol–water partition coefficient (Wildman–Crippen LogP) is 3.01. The smallest absolute Gasteiger partial charge is 0.318 e. The third kappa shape index (κ3) is 3.64. The van der Waals surface area contributed by atoms with Crippen LogP contribution in [-0.4, -0.2) is 32.6 Å². The highest BCUT2D eigenvalue weighted by Gasteiger charge is 2.15. The van der Waals surface area contributed by atoms with Crippen LogP contribution in [0.3, 0.4) is 0 Å². The summed E-state index contributed by atoms with van der Waals surface area (Å²) < 4.78 is 7.55. The van der Waals surface area contributed by atoms with E-state index >= 15 is 0 Å². The fourth-order valence-corrected chi connectivity index (χ4v) is 3.72. The van der Waals surface area contributed by atoms with E-state index in [0.29, 0.717) is 21.7 Å². The molecule has 3 rings (SSSR count). The molecule has 0 atom stereocenters. The van der Waals surface area contributed by atoms with Crippen LogP contribution in [0.1, 0.15) is 16.2 Å². The Morgan fingerprint density at radius 1 is 1.48 bits per heavy atom. The molecule has 0 bridgehead atoms. The number of carbonyl (C=O) groups excluding carboxylic acids is 1. The number of nitro benzene ring substituents is 1. The summed E-state index contributed by atoms with van der Waals surface area (Å²) in [5.74, 6) is 0.364. The molecule has 3 aromatic rings. The van der Waals surface area contributed by atoms with E-state index in [1.54, 1.807) is 24.8 Å². The van der Waals surface area contributed by atoms with Gasteiger partial charge in [-0.2, -0.15) is 16.8 Å². The summed E-state index contributed by atoms with van der Waals surface area (Å²) in [6, 6.07) is 6.16. The largest absolute Gasteiger partial charge is 0.351 e. The van der Waals surface area contributed by atoms with Gasteiger partial charge in [0.1, 0.15) is 0 Å². The molecule has 0 N–H and O–H groups in total. The van der Waals surface area contributed by atoms with Gasteiger partial charge in [0.15, 0.2) is 4.80 Å². The lowest BCUT2D eigenvalue weighted by molar-refractivity contribution is -0.384. The normalized spacial score (nSPS) is 12.0. The lowest BCUT2D eigenvalue weighted by atomic mass is 10.3. The zero-order chi connectivity index (χ0) is 18.0. The van der Waals surface area contributed by atoms with Crippen LogP contribution in [0.4, 0.5) is 5.69 Å². The number of thiazole rings is 1. The molecular weight excluding hydrogens is 364 g/mol. The van der Waals surface area contributed by atoms with Crippen molar-refractivity contribution in [3.63, 3.8) is 0 Å². The number of fused-ring (bicyclic) bond motifs is 1. The van der Waals surface area contributed by atoms with E-state index in [0.717, 1.165) is 11.3 Å². The molecule has 0 aliphatic rings. The standard InChI is InChI=1S/C15H14N4O4S2/c1-9-7-12(23-17-9)14(20)16-15-18(5-6-24-2)11-4-3-10(19(21)22)8-13(11)25-15/h3-4,7-8H,5-6H2,1-2H3. The minimum absolute atomic E-state index is 0.00880. The van der Waals surface area contributed by atoms with Crippen molar-refractivity contribution < 1.29 is 14.2 Å². The van der Waals surface area contributed by atoms with Gasteiger partial charge in [0.2, 0.25) is 5.76 Å². The van der Waals surface area contributed by atoms with Crippen molar-refractivity contribution in [2.75, 3.05) is 12.0 Å². The maximum atomic E-state index is 12.3. The van der Waals surface area contributed by atoms with Gasteiger partial charge < -0.3 is 9.09 Å². The number of amides is 1. The molecule has 0 spiro atoms. The summed E-state index contributed by atoms with van der Waals surface area (Å²) in [5, 5.41) is 14.7. The van der Waals surface area contributed by atoms with Gasteiger partial charge in [0, 0.05) is 30.5 Å². The van der Waals surface area contributed by atoms with Gasteiger partial charge in [0.25, 0.3) is 5.69 Å². The quantitative estimate of drug-likeness (QED) is 0.499. The fraction of sp³-hybridized carbons (Fsp3) is 0.267. The van der Waals surface area contributed by atoms with E-state index in [-0.39, 0.29) is 11.4 Å². The van der Waals surface area contributed by atoms with Crippen LogP contribution in [0.25, 0.3) is 10.2 Å². The van der Waals surface area contributed by atoms with Crippen molar-refractivity contribution in [3.05, 3.63) is 50.6 Å². The second kappa shape index (κ2) is 7.19.